The van der Waals surface area contributed by atoms with Crippen LogP contribution in [0.15, 0.2) is 36.9 Å². The summed E-state index contributed by atoms with van der Waals surface area (Å²) < 4.78 is 10.2. The molecular formula is C23H32ClN3O4. The molecule has 3 rings (SSSR count). The predicted molar refractivity (Wildman–Crippen MR) is 120 cm³/mol. The summed E-state index contributed by atoms with van der Waals surface area (Å²) in [4.78, 5) is 30.6. The van der Waals surface area contributed by atoms with Crippen molar-refractivity contribution in [2.24, 2.45) is 0 Å². The molecule has 2 fully saturated rings. The molecule has 0 saturated carbocycles. The van der Waals surface area contributed by atoms with Crippen LogP contribution >= 0.6 is 11.6 Å². The van der Waals surface area contributed by atoms with E-state index >= 15 is 0 Å². The molecule has 2 aliphatic heterocycles. The Bertz CT molecular complexity index is 765. The van der Waals surface area contributed by atoms with Gasteiger partial charge in [-0.1, -0.05) is 36.4 Å². The summed E-state index contributed by atoms with van der Waals surface area (Å²) in [6, 6.07) is 8.46. The van der Waals surface area contributed by atoms with Crippen molar-refractivity contribution < 1.29 is 19.1 Å². The fourth-order valence-corrected chi connectivity index (χ4v) is 4.69. The van der Waals surface area contributed by atoms with E-state index in [4.69, 9.17) is 21.1 Å². The molecule has 31 heavy (non-hydrogen) atoms. The van der Waals surface area contributed by atoms with Crippen LogP contribution < -0.4 is 0 Å². The second kappa shape index (κ2) is 10.9. The molecule has 2 saturated heterocycles. The summed E-state index contributed by atoms with van der Waals surface area (Å²) in [5, 5.41) is 0.713. The Kier molecular flexibility index (Phi) is 8.21. The fourth-order valence-electron chi connectivity index (χ4n) is 4.56. The van der Waals surface area contributed by atoms with E-state index in [0.717, 1.165) is 25.8 Å². The van der Waals surface area contributed by atoms with E-state index in [-0.39, 0.29) is 30.9 Å². The van der Waals surface area contributed by atoms with E-state index < -0.39 is 0 Å². The van der Waals surface area contributed by atoms with Crippen molar-refractivity contribution in [1.29, 1.82) is 0 Å². The molecule has 8 heteroatoms. The molecule has 2 heterocycles. The van der Waals surface area contributed by atoms with Crippen LogP contribution in [0.3, 0.4) is 0 Å². The molecule has 0 radical (unpaired) electrons. The highest BCUT2D eigenvalue weighted by molar-refractivity contribution is 6.30. The zero-order valence-electron chi connectivity index (χ0n) is 18.3. The van der Waals surface area contributed by atoms with Gasteiger partial charge in [-0.2, -0.15) is 0 Å². The van der Waals surface area contributed by atoms with Crippen LogP contribution in [0.4, 0.5) is 9.59 Å². The zero-order chi connectivity index (χ0) is 22.4. The number of rotatable bonds is 5. The van der Waals surface area contributed by atoms with Gasteiger partial charge in [0, 0.05) is 49.3 Å². The SMILES string of the molecule is C=CCOC(=O)N1CCC(N2CC(C)N(C(=O)OC)CC2Cc2ccc(Cl)cc2)CC1. The van der Waals surface area contributed by atoms with Crippen LogP contribution in [0.1, 0.15) is 25.3 Å². The summed E-state index contributed by atoms with van der Waals surface area (Å²) >= 11 is 6.05. The highest BCUT2D eigenvalue weighted by atomic mass is 35.5. The van der Waals surface area contributed by atoms with Crippen LogP contribution in [0.5, 0.6) is 0 Å². The molecule has 2 unspecified atom stereocenters. The molecular weight excluding hydrogens is 418 g/mol. The number of likely N-dealkylation sites (tertiary alicyclic amines) is 1. The van der Waals surface area contributed by atoms with Crippen LogP contribution in [-0.2, 0) is 15.9 Å². The van der Waals surface area contributed by atoms with Gasteiger partial charge in [0.15, 0.2) is 0 Å². The second-order valence-electron chi connectivity index (χ2n) is 8.24. The molecule has 1 aromatic carbocycles. The van der Waals surface area contributed by atoms with Crippen molar-refractivity contribution in [1.82, 2.24) is 14.7 Å². The third kappa shape index (κ3) is 5.92. The molecule has 2 atom stereocenters. The molecule has 7 nitrogen and oxygen atoms in total. The number of hydrogen-bond acceptors (Lipinski definition) is 5. The van der Waals surface area contributed by atoms with Gasteiger partial charge in [-0.15, -0.1) is 0 Å². The first-order chi connectivity index (χ1) is 14.9. The topological polar surface area (TPSA) is 62.3 Å². The number of methoxy groups -OCH3 is 1. The first kappa shape index (κ1) is 23.4. The first-order valence-corrected chi connectivity index (χ1v) is 11.2. The number of hydrogen-bond donors (Lipinski definition) is 0. The normalized spacial score (nSPS) is 22.8. The van der Waals surface area contributed by atoms with Crippen LogP contribution in [0.25, 0.3) is 0 Å². The number of carbonyl (C=O) groups is 2. The summed E-state index contributed by atoms with van der Waals surface area (Å²) in [5.74, 6) is 0. The Morgan fingerprint density at radius 2 is 1.84 bits per heavy atom. The quantitative estimate of drug-likeness (QED) is 0.639. The Morgan fingerprint density at radius 1 is 1.16 bits per heavy atom. The van der Waals surface area contributed by atoms with Gasteiger partial charge in [0.2, 0.25) is 0 Å². The number of carbonyl (C=O) groups excluding carboxylic acids is 2. The highest BCUT2D eigenvalue weighted by Gasteiger charge is 2.39. The molecule has 0 bridgehead atoms. The minimum Gasteiger partial charge on any atom is -0.453 e. The fraction of sp³-hybridized carbons (Fsp3) is 0.565. The maximum absolute atomic E-state index is 12.3. The summed E-state index contributed by atoms with van der Waals surface area (Å²) in [6.45, 7) is 8.59. The lowest BCUT2D eigenvalue weighted by Gasteiger charge is -2.49. The smallest absolute Gasteiger partial charge is 0.410 e. The van der Waals surface area contributed by atoms with Crippen molar-refractivity contribution in [2.75, 3.05) is 39.9 Å². The van der Waals surface area contributed by atoms with Crippen molar-refractivity contribution in [3.63, 3.8) is 0 Å². The molecule has 0 N–H and O–H groups in total. The lowest BCUT2D eigenvalue weighted by molar-refractivity contribution is -0.00818. The average molecular weight is 450 g/mol. The van der Waals surface area contributed by atoms with E-state index in [0.29, 0.717) is 30.7 Å². The number of benzene rings is 1. The van der Waals surface area contributed by atoms with Gasteiger partial charge in [0.1, 0.15) is 6.61 Å². The Hall–Kier alpha value is -2.25. The Labute approximate surface area is 189 Å². The van der Waals surface area contributed by atoms with Crippen LogP contribution in [0.2, 0.25) is 5.02 Å². The maximum atomic E-state index is 12.3. The van der Waals surface area contributed by atoms with Crippen molar-refractivity contribution in [2.45, 2.75) is 44.3 Å². The molecule has 1 aromatic rings. The van der Waals surface area contributed by atoms with Gasteiger partial charge in [-0.25, -0.2) is 9.59 Å². The average Bonchev–Trinajstić information content (AvgIpc) is 2.79. The molecule has 2 aliphatic rings. The van der Waals surface area contributed by atoms with Gasteiger partial charge in [-0.3, -0.25) is 4.90 Å². The number of piperidine rings is 1. The summed E-state index contributed by atoms with van der Waals surface area (Å²) in [5.41, 5.74) is 1.18. The Balaban J connectivity index is 1.70. The lowest BCUT2D eigenvalue weighted by Crippen LogP contribution is -2.63. The third-order valence-corrected chi connectivity index (χ3v) is 6.45. The summed E-state index contributed by atoms with van der Waals surface area (Å²) in [7, 11) is 1.43. The van der Waals surface area contributed by atoms with E-state index in [9.17, 15) is 9.59 Å². The largest absolute Gasteiger partial charge is 0.453 e. The molecule has 0 aliphatic carbocycles. The number of halogens is 1. The van der Waals surface area contributed by atoms with Crippen molar-refractivity contribution >= 4 is 23.8 Å². The summed E-state index contributed by atoms with van der Waals surface area (Å²) in [6.07, 6.45) is 3.59. The minimum atomic E-state index is -0.284. The van der Waals surface area contributed by atoms with Crippen molar-refractivity contribution in [3.05, 3.63) is 47.5 Å². The van der Waals surface area contributed by atoms with E-state index in [1.807, 2.05) is 29.2 Å². The zero-order valence-corrected chi connectivity index (χ0v) is 19.1. The monoisotopic (exact) mass is 449 g/mol. The standard InChI is InChI=1S/C23H32ClN3O4/c1-4-13-31-22(28)25-11-9-20(10-12-25)27-15-17(2)26(23(29)30-3)16-21(27)14-18-5-7-19(24)8-6-18/h4-8,17,20-21H,1,9-16H2,2-3H3. The van der Waals surface area contributed by atoms with Gasteiger partial charge < -0.3 is 19.3 Å². The number of amides is 2. The molecule has 0 spiro atoms. The van der Waals surface area contributed by atoms with Crippen LogP contribution in [-0.4, -0.2) is 84.9 Å². The lowest BCUT2D eigenvalue weighted by atomic mass is 9.94. The van der Waals surface area contributed by atoms with Crippen molar-refractivity contribution in [3.8, 4) is 0 Å². The first-order valence-electron chi connectivity index (χ1n) is 10.8. The molecule has 0 aromatic heterocycles. The Morgan fingerprint density at radius 3 is 2.45 bits per heavy atom. The van der Waals surface area contributed by atoms with Gasteiger partial charge in [0.25, 0.3) is 0 Å². The van der Waals surface area contributed by atoms with E-state index in [1.165, 1.54) is 12.7 Å². The predicted octanol–water partition coefficient (Wildman–Crippen LogP) is 3.81. The third-order valence-electron chi connectivity index (χ3n) is 6.19. The van der Waals surface area contributed by atoms with Gasteiger partial charge >= 0.3 is 12.2 Å². The minimum absolute atomic E-state index is 0.0597. The van der Waals surface area contributed by atoms with E-state index in [2.05, 4.69) is 18.4 Å². The van der Waals surface area contributed by atoms with Gasteiger partial charge in [-0.05, 0) is 43.9 Å². The molecule has 170 valence electrons. The maximum Gasteiger partial charge on any atom is 0.410 e. The highest BCUT2D eigenvalue weighted by Crippen LogP contribution is 2.27. The number of piperazine rings is 1. The molecule has 2 amide bonds. The second-order valence-corrected chi connectivity index (χ2v) is 8.67. The number of ether oxygens (including phenoxy) is 2. The number of nitrogens with zero attached hydrogens (tertiary/aromatic N) is 3. The van der Waals surface area contributed by atoms with Gasteiger partial charge in [0.05, 0.1) is 7.11 Å². The van der Waals surface area contributed by atoms with Crippen LogP contribution in [0, 0.1) is 0 Å². The van der Waals surface area contributed by atoms with E-state index in [1.54, 1.807) is 11.0 Å².